The van der Waals surface area contributed by atoms with E-state index in [2.05, 4.69) is 0 Å². The monoisotopic (exact) mass is 299 g/mol. The number of nitrogens with zero attached hydrogens (tertiary/aromatic N) is 1. The molecule has 0 aliphatic carbocycles. The van der Waals surface area contributed by atoms with E-state index in [1.165, 1.54) is 14.0 Å². The Labute approximate surface area is 111 Å². The van der Waals surface area contributed by atoms with Crippen LogP contribution in [-0.4, -0.2) is 18.4 Å². The van der Waals surface area contributed by atoms with Crippen molar-refractivity contribution in [3.63, 3.8) is 0 Å². The molecule has 1 rings (SSSR count). The molecule has 112 valence electrons. The molecule has 1 amide bonds. The summed E-state index contributed by atoms with van der Waals surface area (Å²) in [6.45, 7) is 1.34. The van der Waals surface area contributed by atoms with Gasteiger partial charge in [-0.25, -0.2) is 0 Å². The summed E-state index contributed by atoms with van der Waals surface area (Å²) in [6, 6.07) is 0.368. The summed E-state index contributed by atoms with van der Waals surface area (Å²) >= 11 is 0. The first-order chi connectivity index (χ1) is 8.96. The third kappa shape index (κ3) is 3.64. The van der Waals surface area contributed by atoms with Crippen LogP contribution in [0, 0.1) is 0 Å². The third-order valence-electron chi connectivity index (χ3n) is 2.87. The molecule has 0 spiro atoms. The van der Waals surface area contributed by atoms with E-state index in [9.17, 15) is 31.1 Å². The van der Waals surface area contributed by atoms with Gasteiger partial charge in [0, 0.05) is 7.05 Å². The smallest absolute Gasteiger partial charge is 0.342 e. The average Bonchev–Trinajstić information content (AvgIpc) is 2.34. The summed E-state index contributed by atoms with van der Waals surface area (Å²) in [5.74, 6) is 0. The Morgan fingerprint density at radius 1 is 1.00 bits per heavy atom. The van der Waals surface area contributed by atoms with E-state index in [4.69, 9.17) is 0 Å². The Morgan fingerprint density at radius 3 is 1.70 bits per heavy atom. The molecule has 0 aliphatic rings. The highest BCUT2D eigenvalue weighted by Crippen LogP contribution is 2.37. The number of rotatable bonds is 3. The van der Waals surface area contributed by atoms with Gasteiger partial charge in [0.2, 0.25) is 6.41 Å². The molecule has 0 unspecified atom stereocenters. The highest BCUT2D eigenvalue weighted by molar-refractivity contribution is 5.48. The van der Waals surface area contributed by atoms with Crippen molar-refractivity contribution in [2.45, 2.75) is 25.3 Å². The maximum Gasteiger partial charge on any atom is 0.416 e. The van der Waals surface area contributed by atoms with Gasteiger partial charge in [0.1, 0.15) is 0 Å². The van der Waals surface area contributed by atoms with Gasteiger partial charge >= 0.3 is 12.4 Å². The van der Waals surface area contributed by atoms with E-state index in [1.54, 1.807) is 0 Å². The van der Waals surface area contributed by atoms with Gasteiger partial charge in [-0.15, -0.1) is 0 Å². The lowest BCUT2D eigenvalue weighted by molar-refractivity contribution is -0.143. The van der Waals surface area contributed by atoms with Gasteiger partial charge < -0.3 is 4.90 Å². The highest BCUT2D eigenvalue weighted by Gasteiger charge is 2.37. The second-order valence-electron chi connectivity index (χ2n) is 4.29. The van der Waals surface area contributed by atoms with Crippen LogP contribution in [0.25, 0.3) is 0 Å². The van der Waals surface area contributed by atoms with Gasteiger partial charge in [0.05, 0.1) is 17.2 Å². The number of alkyl halides is 6. The van der Waals surface area contributed by atoms with Crippen LogP contribution in [0.15, 0.2) is 18.2 Å². The molecule has 0 heterocycles. The van der Waals surface area contributed by atoms with Crippen molar-refractivity contribution in [3.05, 3.63) is 34.9 Å². The van der Waals surface area contributed by atoms with Crippen LogP contribution in [0.5, 0.6) is 0 Å². The minimum absolute atomic E-state index is 0.0527. The molecule has 0 aromatic heterocycles. The van der Waals surface area contributed by atoms with Crippen LogP contribution in [0.1, 0.15) is 29.7 Å². The fourth-order valence-corrected chi connectivity index (χ4v) is 1.55. The standard InChI is InChI=1S/C12H11F6NO/c1-7(19(2)6-20)8-3-9(11(13,14)15)5-10(4-8)12(16,17)18/h3-7H,1-2H3/t7-/m0/s1. The predicted octanol–water partition coefficient (Wildman–Crippen LogP) is 3.87. The van der Waals surface area contributed by atoms with Gasteiger partial charge in [-0.3, -0.25) is 4.79 Å². The van der Waals surface area contributed by atoms with Crippen LogP contribution in [-0.2, 0) is 17.1 Å². The zero-order chi connectivity index (χ0) is 15.7. The number of hydrogen-bond donors (Lipinski definition) is 0. The summed E-state index contributed by atoms with van der Waals surface area (Å²) in [5, 5.41) is 0. The minimum atomic E-state index is -4.89. The van der Waals surface area contributed by atoms with E-state index in [0.29, 0.717) is 18.5 Å². The molecule has 1 aromatic rings. The van der Waals surface area contributed by atoms with Crippen molar-refractivity contribution in [2.24, 2.45) is 0 Å². The normalized spacial score (nSPS) is 14.0. The van der Waals surface area contributed by atoms with E-state index >= 15 is 0 Å². The van der Waals surface area contributed by atoms with Crippen LogP contribution in [0.2, 0.25) is 0 Å². The van der Waals surface area contributed by atoms with Crippen molar-refractivity contribution in [3.8, 4) is 0 Å². The Balaban J connectivity index is 3.42. The Hall–Kier alpha value is -1.73. The largest absolute Gasteiger partial charge is 0.416 e. The van der Waals surface area contributed by atoms with Gasteiger partial charge in [-0.1, -0.05) is 0 Å². The van der Waals surface area contributed by atoms with E-state index in [0.717, 1.165) is 4.90 Å². The second kappa shape index (κ2) is 5.34. The van der Waals surface area contributed by atoms with Gasteiger partial charge in [-0.05, 0) is 30.7 Å². The minimum Gasteiger partial charge on any atom is -0.342 e. The summed E-state index contributed by atoms with van der Waals surface area (Å²) < 4.78 is 75.8. The van der Waals surface area contributed by atoms with Gasteiger partial charge in [-0.2, -0.15) is 26.3 Å². The van der Waals surface area contributed by atoms with Crippen molar-refractivity contribution < 1.29 is 31.1 Å². The maximum absolute atomic E-state index is 12.6. The quantitative estimate of drug-likeness (QED) is 0.613. The van der Waals surface area contributed by atoms with Crippen LogP contribution < -0.4 is 0 Å². The predicted molar refractivity (Wildman–Crippen MR) is 58.7 cm³/mol. The Kier molecular flexibility index (Phi) is 4.36. The first kappa shape index (κ1) is 16.3. The Morgan fingerprint density at radius 2 is 1.40 bits per heavy atom. The molecular weight excluding hydrogens is 288 g/mol. The summed E-state index contributed by atoms with van der Waals surface area (Å²) in [5.41, 5.74) is -3.02. The lowest BCUT2D eigenvalue weighted by Crippen LogP contribution is -2.22. The number of benzene rings is 1. The third-order valence-corrected chi connectivity index (χ3v) is 2.87. The Bertz CT molecular complexity index is 461. The lowest BCUT2D eigenvalue weighted by Gasteiger charge is -2.23. The van der Waals surface area contributed by atoms with Gasteiger partial charge in [0.15, 0.2) is 0 Å². The molecule has 1 atom stereocenters. The summed E-state index contributed by atoms with van der Waals surface area (Å²) in [6.07, 6.45) is -9.46. The van der Waals surface area contributed by atoms with Crippen molar-refractivity contribution >= 4 is 6.41 Å². The summed E-state index contributed by atoms with van der Waals surface area (Å²) in [4.78, 5) is 11.5. The highest BCUT2D eigenvalue weighted by atomic mass is 19.4. The molecule has 0 radical (unpaired) electrons. The number of halogens is 6. The molecule has 1 aromatic carbocycles. The first-order valence-corrected chi connectivity index (χ1v) is 5.43. The SMILES string of the molecule is C[C@@H](c1cc(C(F)(F)F)cc(C(F)(F)F)c1)N(C)C=O. The maximum atomic E-state index is 12.6. The first-order valence-electron chi connectivity index (χ1n) is 5.43. The number of amides is 1. The molecule has 0 saturated heterocycles. The van der Waals surface area contributed by atoms with Gasteiger partial charge in [0.25, 0.3) is 0 Å². The molecule has 0 aliphatic heterocycles. The van der Waals surface area contributed by atoms with Crippen molar-refractivity contribution in [2.75, 3.05) is 7.05 Å². The zero-order valence-corrected chi connectivity index (χ0v) is 10.5. The van der Waals surface area contributed by atoms with Crippen LogP contribution in [0.4, 0.5) is 26.3 Å². The molecule has 8 heteroatoms. The van der Waals surface area contributed by atoms with E-state index in [-0.39, 0.29) is 11.6 Å². The van der Waals surface area contributed by atoms with Crippen LogP contribution in [0.3, 0.4) is 0 Å². The topological polar surface area (TPSA) is 20.3 Å². The molecule has 0 N–H and O–H groups in total. The summed E-state index contributed by atoms with van der Waals surface area (Å²) in [7, 11) is 1.27. The number of carbonyl (C=O) groups excluding carboxylic acids is 1. The van der Waals surface area contributed by atoms with Crippen LogP contribution >= 0.6 is 0 Å². The van der Waals surface area contributed by atoms with E-state index < -0.39 is 29.5 Å². The zero-order valence-electron chi connectivity index (χ0n) is 10.5. The fraction of sp³-hybridized carbons (Fsp3) is 0.417. The number of hydrogen-bond acceptors (Lipinski definition) is 1. The molecule has 0 fully saturated rings. The molecule has 0 saturated carbocycles. The average molecular weight is 299 g/mol. The molecular formula is C12H11F6NO. The van der Waals surface area contributed by atoms with E-state index in [1.807, 2.05) is 0 Å². The molecule has 0 bridgehead atoms. The van der Waals surface area contributed by atoms with Crippen molar-refractivity contribution in [1.82, 2.24) is 4.90 Å². The second-order valence-corrected chi connectivity index (χ2v) is 4.29. The fourth-order valence-electron chi connectivity index (χ4n) is 1.55. The number of carbonyl (C=O) groups is 1. The van der Waals surface area contributed by atoms with Crippen molar-refractivity contribution in [1.29, 1.82) is 0 Å². The molecule has 2 nitrogen and oxygen atoms in total. The molecule has 20 heavy (non-hydrogen) atoms. The lowest BCUT2D eigenvalue weighted by atomic mass is 10.00.